The molecule has 0 atom stereocenters. The van der Waals surface area contributed by atoms with Gasteiger partial charge < -0.3 is 5.11 Å². The summed E-state index contributed by atoms with van der Waals surface area (Å²) in [6.07, 6.45) is 13.5. The molecule has 0 bridgehead atoms. The van der Waals surface area contributed by atoms with Crippen LogP contribution < -0.4 is 0 Å². The Morgan fingerprint density at radius 3 is 2.72 bits per heavy atom. The third kappa shape index (κ3) is 2.95. The van der Waals surface area contributed by atoms with E-state index in [1.807, 2.05) is 12.1 Å². The molecule has 1 nitrogen and oxygen atoms in total. The third-order valence-corrected chi connectivity index (χ3v) is 4.08. The average molecular weight is 244 g/mol. The lowest BCUT2D eigenvalue weighted by Crippen LogP contribution is -2.18. The number of hydrogen-bond acceptors (Lipinski definition) is 1. The molecular formula is C17H24O. The lowest BCUT2D eigenvalue weighted by Gasteiger charge is -2.26. The van der Waals surface area contributed by atoms with E-state index < -0.39 is 0 Å². The monoisotopic (exact) mass is 244 g/mol. The first kappa shape index (κ1) is 13.2. The van der Waals surface area contributed by atoms with E-state index in [4.69, 9.17) is 0 Å². The predicted octanol–water partition coefficient (Wildman–Crippen LogP) is 4.95. The van der Waals surface area contributed by atoms with Gasteiger partial charge in [-0.1, -0.05) is 56.9 Å². The van der Waals surface area contributed by atoms with Crippen molar-refractivity contribution in [3.05, 3.63) is 42.0 Å². The Balaban J connectivity index is 2.19. The summed E-state index contributed by atoms with van der Waals surface area (Å²) in [4.78, 5) is 0. The second-order valence-corrected chi connectivity index (χ2v) is 5.46. The quantitative estimate of drug-likeness (QED) is 0.574. The molecule has 1 aliphatic carbocycles. The van der Waals surface area contributed by atoms with E-state index in [9.17, 15) is 5.11 Å². The normalized spacial score (nSPS) is 18.5. The lowest BCUT2D eigenvalue weighted by molar-refractivity contribution is 0.470. The number of phenols is 1. The van der Waals surface area contributed by atoms with Crippen LogP contribution in [0.4, 0.5) is 0 Å². The minimum atomic E-state index is 0.187. The number of allylic oxidation sites excluding steroid dienone is 2. The van der Waals surface area contributed by atoms with Gasteiger partial charge in [0.15, 0.2) is 0 Å². The minimum Gasteiger partial charge on any atom is -0.508 e. The molecule has 1 saturated carbocycles. The summed E-state index contributed by atoms with van der Waals surface area (Å²) in [5.74, 6) is 0.390. The minimum absolute atomic E-state index is 0.187. The molecule has 0 saturated heterocycles. The van der Waals surface area contributed by atoms with Crippen molar-refractivity contribution in [3.8, 4) is 5.75 Å². The molecule has 1 fully saturated rings. The summed E-state index contributed by atoms with van der Waals surface area (Å²) in [6, 6.07) is 7.82. The summed E-state index contributed by atoms with van der Waals surface area (Å²) in [7, 11) is 0. The maximum absolute atomic E-state index is 9.67. The molecule has 0 unspecified atom stereocenters. The molecule has 0 spiro atoms. The van der Waals surface area contributed by atoms with Crippen molar-refractivity contribution in [1.82, 2.24) is 0 Å². The van der Waals surface area contributed by atoms with E-state index in [1.54, 1.807) is 6.07 Å². The van der Waals surface area contributed by atoms with Crippen LogP contribution in [-0.4, -0.2) is 5.11 Å². The van der Waals surface area contributed by atoms with Crippen LogP contribution in [-0.2, 0) is 5.41 Å². The molecule has 0 aliphatic heterocycles. The molecule has 1 aromatic rings. The maximum atomic E-state index is 9.67. The van der Waals surface area contributed by atoms with Gasteiger partial charge in [-0.3, -0.25) is 0 Å². The summed E-state index contributed by atoms with van der Waals surface area (Å²) in [5.41, 5.74) is 1.47. The Labute approximate surface area is 111 Å². The molecular weight excluding hydrogens is 220 g/mol. The Hall–Kier alpha value is -1.24. The fourth-order valence-corrected chi connectivity index (χ4v) is 3.00. The van der Waals surface area contributed by atoms with Gasteiger partial charge in [-0.25, -0.2) is 0 Å². The van der Waals surface area contributed by atoms with Crippen LogP contribution in [0.5, 0.6) is 5.75 Å². The summed E-state index contributed by atoms with van der Waals surface area (Å²) in [6.45, 7) is 2.23. The van der Waals surface area contributed by atoms with Crippen molar-refractivity contribution in [3.63, 3.8) is 0 Å². The van der Waals surface area contributed by atoms with Crippen LogP contribution in [0.2, 0.25) is 0 Å². The van der Waals surface area contributed by atoms with E-state index in [2.05, 4.69) is 25.1 Å². The zero-order valence-corrected chi connectivity index (χ0v) is 11.4. The first-order valence-electron chi connectivity index (χ1n) is 7.24. The lowest BCUT2D eigenvalue weighted by atomic mass is 9.78. The van der Waals surface area contributed by atoms with Crippen LogP contribution in [0, 0.1) is 0 Å². The van der Waals surface area contributed by atoms with Crippen molar-refractivity contribution >= 4 is 0 Å². The number of hydrogen-bond donors (Lipinski definition) is 1. The molecule has 2 rings (SSSR count). The molecule has 0 heterocycles. The number of rotatable bonds is 5. The first-order chi connectivity index (χ1) is 8.77. The van der Waals surface area contributed by atoms with Crippen LogP contribution in [0.25, 0.3) is 0 Å². The Morgan fingerprint density at radius 2 is 2.06 bits per heavy atom. The van der Waals surface area contributed by atoms with Gasteiger partial charge in [-0.05, 0) is 37.0 Å². The van der Waals surface area contributed by atoms with Gasteiger partial charge in [0, 0.05) is 5.41 Å². The zero-order valence-electron chi connectivity index (χ0n) is 11.4. The highest BCUT2D eigenvalue weighted by molar-refractivity contribution is 5.37. The molecule has 1 N–H and O–H groups in total. The van der Waals surface area contributed by atoms with Crippen molar-refractivity contribution in [2.45, 2.75) is 57.3 Å². The highest BCUT2D eigenvalue weighted by Gasteiger charge is 2.32. The third-order valence-electron chi connectivity index (χ3n) is 4.08. The largest absolute Gasteiger partial charge is 0.508 e. The van der Waals surface area contributed by atoms with E-state index in [0.717, 1.165) is 0 Å². The van der Waals surface area contributed by atoms with Crippen molar-refractivity contribution in [2.75, 3.05) is 0 Å². The Kier molecular flexibility index (Phi) is 4.46. The van der Waals surface area contributed by atoms with Gasteiger partial charge in [0.05, 0.1) is 0 Å². The van der Waals surface area contributed by atoms with E-state index >= 15 is 0 Å². The second kappa shape index (κ2) is 6.08. The number of unbranched alkanes of at least 4 members (excludes halogenated alkanes) is 2. The van der Waals surface area contributed by atoms with Gasteiger partial charge in [0.2, 0.25) is 0 Å². The highest BCUT2D eigenvalue weighted by atomic mass is 16.3. The van der Waals surface area contributed by atoms with Crippen LogP contribution in [0.3, 0.4) is 0 Å². The van der Waals surface area contributed by atoms with Gasteiger partial charge in [-0.15, -0.1) is 0 Å². The molecule has 1 heteroatoms. The van der Waals surface area contributed by atoms with Gasteiger partial charge >= 0.3 is 0 Å². The fraction of sp³-hybridized carbons (Fsp3) is 0.529. The van der Waals surface area contributed by atoms with Crippen molar-refractivity contribution < 1.29 is 5.11 Å². The molecule has 1 aromatic carbocycles. The van der Waals surface area contributed by atoms with E-state index in [1.165, 1.54) is 50.5 Å². The topological polar surface area (TPSA) is 20.2 Å². The highest BCUT2D eigenvalue weighted by Crippen LogP contribution is 2.43. The summed E-state index contributed by atoms with van der Waals surface area (Å²) >= 11 is 0. The smallest absolute Gasteiger partial charge is 0.115 e. The van der Waals surface area contributed by atoms with Crippen molar-refractivity contribution in [1.29, 1.82) is 0 Å². The van der Waals surface area contributed by atoms with Crippen LogP contribution >= 0.6 is 0 Å². The van der Waals surface area contributed by atoms with Gasteiger partial charge in [-0.2, -0.15) is 0 Å². The Morgan fingerprint density at radius 1 is 1.28 bits per heavy atom. The SMILES string of the molecule is CCCCC=CC1(c2cccc(O)c2)CCCC1. The zero-order chi connectivity index (χ0) is 12.8. The molecule has 0 aromatic heterocycles. The van der Waals surface area contributed by atoms with Crippen molar-refractivity contribution in [2.24, 2.45) is 0 Å². The molecule has 98 valence electrons. The first-order valence-corrected chi connectivity index (χ1v) is 7.24. The number of aromatic hydroxyl groups is 1. The second-order valence-electron chi connectivity index (χ2n) is 5.46. The standard InChI is InChI=1S/C17H24O/c1-2-3-4-5-11-17(12-6-7-13-17)15-9-8-10-16(18)14-15/h5,8-11,14,18H,2-4,6-7,12-13H2,1H3. The van der Waals surface area contributed by atoms with E-state index in [0.29, 0.717) is 5.75 Å². The maximum Gasteiger partial charge on any atom is 0.115 e. The Bertz CT molecular complexity index is 400. The molecule has 18 heavy (non-hydrogen) atoms. The summed E-state index contributed by atoms with van der Waals surface area (Å²) in [5, 5.41) is 9.67. The molecule has 0 radical (unpaired) electrons. The molecule has 1 aliphatic rings. The summed E-state index contributed by atoms with van der Waals surface area (Å²) < 4.78 is 0. The van der Waals surface area contributed by atoms with Gasteiger partial charge in [0.25, 0.3) is 0 Å². The van der Waals surface area contributed by atoms with Crippen LogP contribution in [0.15, 0.2) is 36.4 Å². The number of phenolic OH excluding ortho intramolecular Hbond substituents is 1. The predicted molar refractivity (Wildman–Crippen MR) is 76.9 cm³/mol. The van der Waals surface area contributed by atoms with Crippen LogP contribution in [0.1, 0.15) is 57.4 Å². The fourth-order valence-electron chi connectivity index (χ4n) is 3.00. The molecule has 0 amide bonds. The van der Waals surface area contributed by atoms with E-state index in [-0.39, 0.29) is 5.41 Å². The average Bonchev–Trinajstić information content (AvgIpc) is 2.85. The number of benzene rings is 1. The van der Waals surface area contributed by atoms with Gasteiger partial charge in [0.1, 0.15) is 5.75 Å².